The number of benzene rings is 1. The number of halogens is 1. The summed E-state index contributed by atoms with van der Waals surface area (Å²) >= 11 is 5.06. The smallest absolute Gasteiger partial charge is 0.251 e. The van der Waals surface area contributed by atoms with Gasteiger partial charge in [-0.2, -0.15) is 0 Å². The van der Waals surface area contributed by atoms with Crippen molar-refractivity contribution in [2.45, 2.75) is 32.7 Å². The van der Waals surface area contributed by atoms with Gasteiger partial charge in [0, 0.05) is 10.4 Å². The molecule has 0 bridgehead atoms. The highest BCUT2D eigenvalue weighted by molar-refractivity contribution is 9.11. The van der Waals surface area contributed by atoms with Gasteiger partial charge in [-0.3, -0.25) is 4.79 Å². The number of amides is 1. The highest BCUT2D eigenvalue weighted by atomic mass is 79.9. The predicted octanol–water partition coefficient (Wildman–Crippen LogP) is 4.74. The zero-order chi connectivity index (χ0) is 14.8. The van der Waals surface area contributed by atoms with Crippen LogP contribution in [-0.2, 0) is 12.0 Å². The second kappa shape index (κ2) is 6.10. The molecule has 2 rings (SSSR count). The Hall–Kier alpha value is -1.13. The first-order valence-corrected chi connectivity index (χ1v) is 8.11. The Morgan fingerprint density at radius 1 is 1.20 bits per heavy atom. The maximum atomic E-state index is 12.4. The van der Waals surface area contributed by atoms with E-state index in [0.717, 1.165) is 19.8 Å². The second-order valence-corrected chi connectivity index (χ2v) is 8.23. The zero-order valence-electron chi connectivity index (χ0n) is 11.9. The van der Waals surface area contributed by atoms with Crippen LogP contribution in [0, 0.1) is 0 Å². The van der Waals surface area contributed by atoms with Crippen molar-refractivity contribution in [3.8, 4) is 0 Å². The summed E-state index contributed by atoms with van der Waals surface area (Å²) in [4.78, 5) is 13.5. The molecule has 0 spiro atoms. The van der Waals surface area contributed by atoms with Gasteiger partial charge in [0.05, 0.1) is 10.3 Å². The number of nitrogens with one attached hydrogen (secondary N) is 1. The predicted molar refractivity (Wildman–Crippen MR) is 88.3 cm³/mol. The molecule has 106 valence electrons. The van der Waals surface area contributed by atoms with E-state index in [0.29, 0.717) is 6.54 Å². The molecule has 1 heterocycles. The molecule has 20 heavy (non-hydrogen) atoms. The van der Waals surface area contributed by atoms with Crippen LogP contribution < -0.4 is 5.32 Å². The number of carbonyl (C=O) groups is 1. The summed E-state index contributed by atoms with van der Waals surface area (Å²) in [5.41, 5.74) is 1.79. The Balaban J connectivity index is 2.13. The summed E-state index contributed by atoms with van der Waals surface area (Å²) in [6.45, 7) is 6.92. The van der Waals surface area contributed by atoms with Crippen LogP contribution in [0.3, 0.4) is 0 Å². The fourth-order valence-corrected chi connectivity index (χ4v) is 3.47. The minimum absolute atomic E-state index is 0.0138. The molecule has 0 fully saturated rings. The number of hydrogen-bond acceptors (Lipinski definition) is 2. The molecule has 0 unspecified atom stereocenters. The molecule has 0 saturated carbocycles. The third-order valence-corrected chi connectivity index (χ3v) is 4.66. The van der Waals surface area contributed by atoms with Gasteiger partial charge in [-0.1, -0.05) is 39.0 Å². The Bertz CT molecular complexity index is 613. The van der Waals surface area contributed by atoms with E-state index in [9.17, 15) is 4.79 Å². The number of rotatable bonds is 3. The lowest BCUT2D eigenvalue weighted by atomic mass is 9.83. The maximum absolute atomic E-state index is 12.4. The van der Waals surface area contributed by atoms with Crippen molar-refractivity contribution in [2.24, 2.45) is 0 Å². The molecule has 1 N–H and O–H groups in total. The van der Waals surface area contributed by atoms with E-state index in [4.69, 9.17) is 0 Å². The van der Waals surface area contributed by atoms with Gasteiger partial charge in [0.1, 0.15) is 0 Å². The largest absolute Gasteiger partial charge is 0.347 e. The molecule has 2 nitrogen and oxygen atoms in total. The highest BCUT2D eigenvalue weighted by Crippen LogP contribution is 2.26. The van der Waals surface area contributed by atoms with Gasteiger partial charge in [0.15, 0.2) is 0 Å². The normalized spacial score (nSPS) is 11.4. The van der Waals surface area contributed by atoms with E-state index in [2.05, 4.69) is 42.0 Å². The first-order chi connectivity index (χ1) is 9.38. The van der Waals surface area contributed by atoms with E-state index in [-0.39, 0.29) is 11.3 Å². The van der Waals surface area contributed by atoms with Crippen molar-refractivity contribution in [1.82, 2.24) is 5.32 Å². The summed E-state index contributed by atoms with van der Waals surface area (Å²) < 4.78 is 1.08. The molecule has 1 amide bonds. The van der Waals surface area contributed by atoms with E-state index >= 15 is 0 Å². The van der Waals surface area contributed by atoms with E-state index < -0.39 is 0 Å². The monoisotopic (exact) mass is 351 g/mol. The lowest BCUT2D eigenvalue weighted by Crippen LogP contribution is -2.26. The molecule has 0 atom stereocenters. The number of carbonyl (C=O) groups excluding carboxylic acids is 1. The van der Waals surface area contributed by atoms with Crippen molar-refractivity contribution in [2.75, 3.05) is 0 Å². The van der Waals surface area contributed by atoms with Crippen LogP contribution in [0.15, 0.2) is 40.2 Å². The minimum atomic E-state index is -0.0418. The van der Waals surface area contributed by atoms with Gasteiger partial charge in [0.25, 0.3) is 5.91 Å². The molecule has 0 aliphatic rings. The van der Waals surface area contributed by atoms with Crippen molar-refractivity contribution in [3.63, 3.8) is 0 Å². The second-order valence-electron chi connectivity index (χ2n) is 5.68. The van der Waals surface area contributed by atoms with Crippen LogP contribution in [0.5, 0.6) is 0 Å². The third-order valence-electron chi connectivity index (χ3n) is 3.03. The van der Waals surface area contributed by atoms with Crippen LogP contribution in [0.25, 0.3) is 0 Å². The van der Waals surface area contributed by atoms with Gasteiger partial charge >= 0.3 is 0 Å². The van der Waals surface area contributed by atoms with E-state index in [1.807, 2.05) is 36.4 Å². The van der Waals surface area contributed by atoms with Crippen molar-refractivity contribution < 1.29 is 4.79 Å². The molecule has 2 aromatic rings. The SMILES string of the molecule is CC(C)(C)c1ccccc1C(=O)NCc1ccc(Br)s1. The Morgan fingerprint density at radius 2 is 1.90 bits per heavy atom. The van der Waals surface area contributed by atoms with Gasteiger partial charge in [-0.05, 0) is 45.1 Å². The number of thiophene rings is 1. The number of hydrogen-bond donors (Lipinski definition) is 1. The lowest BCUT2D eigenvalue weighted by molar-refractivity contribution is 0.0949. The van der Waals surface area contributed by atoms with Crippen LogP contribution >= 0.6 is 27.3 Å². The molecule has 0 saturated heterocycles. The van der Waals surface area contributed by atoms with E-state index in [1.165, 1.54) is 0 Å². The van der Waals surface area contributed by atoms with Crippen molar-refractivity contribution in [3.05, 3.63) is 56.2 Å². The molecular weight excluding hydrogens is 334 g/mol. The first kappa shape index (κ1) is 15.3. The van der Waals surface area contributed by atoms with Crippen LogP contribution in [0.4, 0.5) is 0 Å². The van der Waals surface area contributed by atoms with Crippen LogP contribution in [0.1, 0.15) is 41.6 Å². The average molecular weight is 352 g/mol. The van der Waals surface area contributed by atoms with E-state index in [1.54, 1.807) is 11.3 Å². The summed E-state index contributed by atoms with van der Waals surface area (Å²) in [6, 6.07) is 11.8. The average Bonchev–Trinajstić information content (AvgIpc) is 2.81. The molecule has 0 radical (unpaired) electrons. The van der Waals surface area contributed by atoms with Gasteiger partial charge in [0.2, 0.25) is 0 Å². The Kier molecular flexibility index (Phi) is 4.66. The molecular formula is C16H18BrNOS. The Morgan fingerprint density at radius 3 is 2.50 bits per heavy atom. The fourth-order valence-electron chi connectivity index (χ4n) is 2.04. The molecule has 0 aliphatic heterocycles. The maximum Gasteiger partial charge on any atom is 0.251 e. The molecule has 1 aromatic heterocycles. The highest BCUT2D eigenvalue weighted by Gasteiger charge is 2.20. The quantitative estimate of drug-likeness (QED) is 0.850. The van der Waals surface area contributed by atoms with Crippen LogP contribution in [0.2, 0.25) is 0 Å². The molecule has 4 heteroatoms. The standard InChI is InChI=1S/C16H18BrNOS/c1-16(2,3)13-7-5-4-6-12(13)15(19)18-10-11-8-9-14(17)20-11/h4-9H,10H2,1-3H3,(H,18,19). The summed E-state index contributed by atoms with van der Waals surface area (Å²) in [5.74, 6) is -0.0138. The molecule has 1 aromatic carbocycles. The van der Waals surface area contributed by atoms with Gasteiger partial charge in [-0.15, -0.1) is 11.3 Å². The lowest BCUT2D eigenvalue weighted by Gasteiger charge is -2.22. The summed E-state index contributed by atoms with van der Waals surface area (Å²) in [7, 11) is 0. The fraction of sp³-hybridized carbons (Fsp3) is 0.312. The summed E-state index contributed by atoms with van der Waals surface area (Å²) in [6.07, 6.45) is 0. The zero-order valence-corrected chi connectivity index (χ0v) is 14.3. The van der Waals surface area contributed by atoms with Gasteiger partial charge in [-0.25, -0.2) is 0 Å². The summed E-state index contributed by atoms with van der Waals surface area (Å²) in [5, 5.41) is 2.99. The van der Waals surface area contributed by atoms with Crippen molar-refractivity contribution >= 4 is 33.2 Å². The van der Waals surface area contributed by atoms with Crippen molar-refractivity contribution in [1.29, 1.82) is 0 Å². The van der Waals surface area contributed by atoms with Crippen LogP contribution in [-0.4, -0.2) is 5.91 Å². The Labute approximate surface area is 132 Å². The first-order valence-electron chi connectivity index (χ1n) is 6.50. The molecule has 0 aliphatic carbocycles. The van der Waals surface area contributed by atoms with Gasteiger partial charge < -0.3 is 5.32 Å². The minimum Gasteiger partial charge on any atom is -0.347 e. The third kappa shape index (κ3) is 3.70. The topological polar surface area (TPSA) is 29.1 Å².